The van der Waals surface area contributed by atoms with Gasteiger partial charge >= 0.3 is 0 Å². The van der Waals surface area contributed by atoms with Crippen LogP contribution in [0.2, 0.25) is 5.02 Å². The third kappa shape index (κ3) is 3.89. The van der Waals surface area contributed by atoms with Gasteiger partial charge in [-0.3, -0.25) is 0 Å². The number of benzene rings is 2. The fraction of sp³-hybridized carbons (Fsp3) is 0.238. The van der Waals surface area contributed by atoms with Crippen molar-refractivity contribution in [2.75, 3.05) is 19.3 Å². The lowest BCUT2D eigenvalue weighted by molar-refractivity contribution is 0.183. The van der Waals surface area contributed by atoms with E-state index in [1.807, 2.05) is 30.3 Å². The molecule has 0 aliphatic carbocycles. The first-order valence-corrected chi connectivity index (χ1v) is 9.30. The van der Waals surface area contributed by atoms with E-state index in [2.05, 4.69) is 40.3 Å². The zero-order chi connectivity index (χ0) is 18.8. The topological polar surface area (TPSA) is 64.3 Å². The minimum absolute atomic E-state index is 0.0450. The SMILES string of the molecule is CN1CCC(Oc2ccccc2Cl)c2ccc(-c3ccc(N)nn3)cc2C1. The average molecular weight is 381 g/mol. The molecule has 1 aliphatic heterocycles. The molecule has 138 valence electrons. The molecule has 0 fully saturated rings. The number of hydrogen-bond acceptors (Lipinski definition) is 5. The number of fused-ring (bicyclic) bond motifs is 1. The van der Waals surface area contributed by atoms with E-state index < -0.39 is 0 Å². The highest BCUT2D eigenvalue weighted by atomic mass is 35.5. The number of halogens is 1. The van der Waals surface area contributed by atoms with Crippen molar-refractivity contribution in [1.29, 1.82) is 0 Å². The molecule has 1 unspecified atom stereocenters. The van der Waals surface area contributed by atoms with Gasteiger partial charge in [-0.25, -0.2) is 0 Å². The molecule has 0 saturated carbocycles. The number of hydrogen-bond donors (Lipinski definition) is 1. The van der Waals surface area contributed by atoms with Crippen LogP contribution in [0.1, 0.15) is 23.7 Å². The van der Waals surface area contributed by atoms with Crippen LogP contribution in [-0.2, 0) is 6.54 Å². The lowest BCUT2D eigenvalue weighted by atomic mass is 9.97. The first-order valence-electron chi connectivity index (χ1n) is 8.92. The second-order valence-corrected chi connectivity index (χ2v) is 7.23. The van der Waals surface area contributed by atoms with Crippen molar-refractivity contribution in [2.45, 2.75) is 19.1 Å². The molecule has 0 radical (unpaired) electrons. The van der Waals surface area contributed by atoms with Gasteiger partial charge in [0.1, 0.15) is 17.7 Å². The van der Waals surface area contributed by atoms with Crippen LogP contribution in [0.3, 0.4) is 0 Å². The van der Waals surface area contributed by atoms with Crippen LogP contribution < -0.4 is 10.5 Å². The highest BCUT2D eigenvalue weighted by Gasteiger charge is 2.23. The zero-order valence-corrected chi connectivity index (χ0v) is 15.9. The van der Waals surface area contributed by atoms with Crippen LogP contribution in [0.25, 0.3) is 11.3 Å². The lowest BCUT2D eigenvalue weighted by Gasteiger charge is -2.20. The lowest BCUT2D eigenvalue weighted by Crippen LogP contribution is -2.18. The number of nitrogens with two attached hydrogens (primary N) is 1. The average Bonchev–Trinajstić information content (AvgIpc) is 2.82. The third-order valence-electron chi connectivity index (χ3n) is 4.79. The summed E-state index contributed by atoms with van der Waals surface area (Å²) in [6, 6.07) is 17.6. The van der Waals surface area contributed by atoms with E-state index >= 15 is 0 Å². The van der Waals surface area contributed by atoms with Gasteiger partial charge in [-0.05, 0) is 48.5 Å². The number of para-hydroxylation sites is 1. The van der Waals surface area contributed by atoms with Crippen molar-refractivity contribution in [2.24, 2.45) is 0 Å². The second-order valence-electron chi connectivity index (χ2n) is 6.82. The molecular weight excluding hydrogens is 360 g/mol. The highest BCUT2D eigenvalue weighted by Crippen LogP contribution is 2.35. The molecule has 4 rings (SSSR count). The van der Waals surface area contributed by atoms with Crippen LogP contribution in [0.15, 0.2) is 54.6 Å². The molecule has 0 amide bonds. The number of anilines is 1. The van der Waals surface area contributed by atoms with Gasteiger partial charge in [-0.15, -0.1) is 10.2 Å². The van der Waals surface area contributed by atoms with Gasteiger partial charge in [0.25, 0.3) is 0 Å². The van der Waals surface area contributed by atoms with Crippen LogP contribution in [-0.4, -0.2) is 28.7 Å². The first-order chi connectivity index (χ1) is 13.1. The molecule has 1 aliphatic rings. The summed E-state index contributed by atoms with van der Waals surface area (Å²) in [5.74, 6) is 1.13. The highest BCUT2D eigenvalue weighted by molar-refractivity contribution is 6.32. The van der Waals surface area contributed by atoms with E-state index in [9.17, 15) is 0 Å². The summed E-state index contributed by atoms with van der Waals surface area (Å²) in [5.41, 5.74) is 9.89. The standard InChI is InChI=1S/C21H21ClN4O/c1-26-11-10-19(27-20-5-3-2-4-17(20)22)16-7-6-14(12-15(16)13-26)18-8-9-21(23)25-24-18/h2-9,12,19H,10-11,13H2,1H3,(H2,23,25). The Labute approximate surface area is 163 Å². The molecule has 0 spiro atoms. The molecule has 3 aromatic rings. The van der Waals surface area contributed by atoms with Crippen LogP contribution in [0.5, 0.6) is 5.75 Å². The van der Waals surface area contributed by atoms with Crippen molar-refractivity contribution in [3.8, 4) is 17.0 Å². The Morgan fingerprint density at radius 1 is 1.11 bits per heavy atom. The molecule has 0 bridgehead atoms. The Kier molecular flexibility index (Phi) is 4.97. The maximum absolute atomic E-state index is 6.30. The Morgan fingerprint density at radius 3 is 2.74 bits per heavy atom. The molecule has 2 aromatic carbocycles. The van der Waals surface area contributed by atoms with Gasteiger partial charge in [0.05, 0.1) is 10.7 Å². The zero-order valence-electron chi connectivity index (χ0n) is 15.1. The predicted octanol–water partition coefficient (Wildman–Crippen LogP) is 4.33. The van der Waals surface area contributed by atoms with Crippen molar-refractivity contribution >= 4 is 17.4 Å². The van der Waals surface area contributed by atoms with Crippen molar-refractivity contribution in [3.05, 3.63) is 70.7 Å². The quantitative estimate of drug-likeness (QED) is 0.732. The van der Waals surface area contributed by atoms with Gasteiger partial charge in [0, 0.05) is 25.1 Å². The van der Waals surface area contributed by atoms with Crippen LogP contribution in [0, 0.1) is 0 Å². The second kappa shape index (κ2) is 7.55. The summed E-state index contributed by atoms with van der Waals surface area (Å²) < 4.78 is 6.30. The van der Waals surface area contributed by atoms with Crippen molar-refractivity contribution in [3.63, 3.8) is 0 Å². The van der Waals surface area contributed by atoms with E-state index in [1.54, 1.807) is 6.07 Å². The summed E-state index contributed by atoms with van der Waals surface area (Å²) in [7, 11) is 2.12. The van der Waals surface area contributed by atoms with Gasteiger partial charge in [0.15, 0.2) is 0 Å². The number of nitrogens with zero attached hydrogens (tertiary/aromatic N) is 3. The molecule has 1 atom stereocenters. The number of aromatic nitrogens is 2. The number of ether oxygens (including phenoxy) is 1. The van der Waals surface area contributed by atoms with Crippen molar-refractivity contribution in [1.82, 2.24) is 15.1 Å². The van der Waals surface area contributed by atoms with Gasteiger partial charge in [-0.2, -0.15) is 0 Å². The minimum Gasteiger partial charge on any atom is -0.484 e. The summed E-state index contributed by atoms with van der Waals surface area (Å²) in [6.07, 6.45) is 0.854. The van der Waals surface area contributed by atoms with E-state index in [0.29, 0.717) is 16.6 Å². The van der Waals surface area contributed by atoms with Gasteiger partial charge < -0.3 is 15.4 Å². The monoisotopic (exact) mass is 380 g/mol. The molecule has 2 heterocycles. The molecule has 6 heteroatoms. The Bertz CT molecular complexity index is 945. The first kappa shape index (κ1) is 17.8. The minimum atomic E-state index is -0.0450. The van der Waals surface area contributed by atoms with Crippen LogP contribution >= 0.6 is 11.6 Å². The molecule has 2 N–H and O–H groups in total. The summed E-state index contributed by atoms with van der Waals surface area (Å²) in [5, 5.41) is 8.79. The molecular formula is C21H21ClN4O. The van der Waals surface area contributed by atoms with E-state index in [-0.39, 0.29) is 6.10 Å². The molecule has 5 nitrogen and oxygen atoms in total. The van der Waals surface area contributed by atoms with Crippen LogP contribution in [0.4, 0.5) is 5.82 Å². The molecule has 1 aromatic heterocycles. The third-order valence-corrected chi connectivity index (χ3v) is 5.10. The predicted molar refractivity (Wildman–Crippen MR) is 108 cm³/mol. The summed E-state index contributed by atoms with van der Waals surface area (Å²) in [6.45, 7) is 1.80. The largest absolute Gasteiger partial charge is 0.484 e. The normalized spacial score (nSPS) is 17.2. The Morgan fingerprint density at radius 2 is 1.96 bits per heavy atom. The molecule has 0 saturated heterocycles. The van der Waals surface area contributed by atoms with Gasteiger partial charge in [-0.1, -0.05) is 35.9 Å². The summed E-state index contributed by atoms with van der Waals surface area (Å²) >= 11 is 6.30. The maximum Gasteiger partial charge on any atom is 0.146 e. The number of nitrogen functional groups attached to an aromatic ring is 1. The summed E-state index contributed by atoms with van der Waals surface area (Å²) in [4.78, 5) is 2.30. The molecule has 27 heavy (non-hydrogen) atoms. The van der Waals surface area contributed by atoms with Crippen molar-refractivity contribution < 1.29 is 4.74 Å². The van der Waals surface area contributed by atoms with E-state index in [0.717, 1.165) is 30.8 Å². The van der Waals surface area contributed by atoms with E-state index in [1.165, 1.54) is 11.1 Å². The fourth-order valence-electron chi connectivity index (χ4n) is 3.39. The van der Waals surface area contributed by atoms with Gasteiger partial charge in [0.2, 0.25) is 0 Å². The Balaban J connectivity index is 1.69. The number of rotatable bonds is 3. The smallest absolute Gasteiger partial charge is 0.146 e. The fourth-order valence-corrected chi connectivity index (χ4v) is 3.57. The Hall–Kier alpha value is -2.63. The van der Waals surface area contributed by atoms with E-state index in [4.69, 9.17) is 22.1 Å². The maximum atomic E-state index is 6.30.